The third-order valence-electron chi connectivity index (χ3n) is 4.44. The van der Waals surface area contributed by atoms with Gasteiger partial charge >= 0.3 is 0 Å². The summed E-state index contributed by atoms with van der Waals surface area (Å²) < 4.78 is 0. The zero-order chi connectivity index (χ0) is 21.0. The van der Waals surface area contributed by atoms with E-state index in [1.807, 2.05) is 30.3 Å². The van der Waals surface area contributed by atoms with Gasteiger partial charge in [-0.2, -0.15) is 0 Å². The maximum absolute atomic E-state index is 12.8. The third kappa shape index (κ3) is 5.04. The Morgan fingerprint density at radius 1 is 0.966 bits per heavy atom. The fourth-order valence-electron chi connectivity index (χ4n) is 3.01. The molecule has 2 aromatic carbocycles. The first-order chi connectivity index (χ1) is 13.8. The number of nitrogens with one attached hydrogen (secondary N) is 2. The van der Waals surface area contributed by atoms with Gasteiger partial charge in [0.15, 0.2) is 5.78 Å². The average Bonchev–Trinajstić information content (AvgIpc) is 2.68. The van der Waals surface area contributed by atoms with Gasteiger partial charge in [-0.15, -0.1) is 0 Å². The molecule has 6 heteroatoms. The number of amides is 1. The van der Waals surface area contributed by atoms with Gasteiger partial charge in [-0.25, -0.2) is 9.97 Å². The zero-order valence-corrected chi connectivity index (χ0v) is 17.0. The van der Waals surface area contributed by atoms with Crippen molar-refractivity contribution in [3.8, 4) is 0 Å². The molecule has 148 valence electrons. The van der Waals surface area contributed by atoms with E-state index in [2.05, 4.69) is 34.4 Å². The highest BCUT2D eigenvalue weighted by atomic mass is 16.2. The molecule has 3 aromatic rings. The molecular weight excluding hydrogens is 364 g/mol. The standard InChI is InChI=1S/C23H24N4O2/c1-14(2)19-10-5-6-11-20(19)27-23(29)21-13-22(25-16(4)24-21)26-18-9-7-8-17(12-18)15(3)28/h5-14H,1-4H3,(H,27,29)(H,24,25,26). The Hall–Kier alpha value is -3.54. The number of para-hydroxylation sites is 1. The van der Waals surface area contributed by atoms with Crippen molar-refractivity contribution in [3.63, 3.8) is 0 Å². The van der Waals surface area contributed by atoms with Crippen LogP contribution < -0.4 is 10.6 Å². The van der Waals surface area contributed by atoms with E-state index in [0.717, 1.165) is 11.3 Å². The molecule has 0 radical (unpaired) electrons. The van der Waals surface area contributed by atoms with Crippen molar-refractivity contribution in [1.82, 2.24) is 9.97 Å². The lowest BCUT2D eigenvalue weighted by atomic mass is 10.0. The van der Waals surface area contributed by atoms with Crippen LogP contribution in [0, 0.1) is 6.92 Å². The number of rotatable bonds is 6. The summed E-state index contributed by atoms with van der Waals surface area (Å²) in [6.07, 6.45) is 0. The quantitative estimate of drug-likeness (QED) is 0.574. The number of carbonyl (C=O) groups is 2. The summed E-state index contributed by atoms with van der Waals surface area (Å²) in [6.45, 7) is 7.41. The lowest BCUT2D eigenvalue weighted by Crippen LogP contribution is -2.16. The third-order valence-corrected chi connectivity index (χ3v) is 4.44. The van der Waals surface area contributed by atoms with Gasteiger partial charge in [0.2, 0.25) is 0 Å². The van der Waals surface area contributed by atoms with E-state index < -0.39 is 0 Å². The monoisotopic (exact) mass is 388 g/mol. The second kappa shape index (κ2) is 8.65. The number of aryl methyl sites for hydroxylation is 1. The highest BCUT2D eigenvalue weighted by molar-refractivity contribution is 6.03. The molecule has 0 atom stereocenters. The molecule has 0 spiro atoms. The smallest absolute Gasteiger partial charge is 0.274 e. The number of hydrogen-bond donors (Lipinski definition) is 2. The normalized spacial score (nSPS) is 10.7. The van der Waals surface area contributed by atoms with Crippen LogP contribution in [0.15, 0.2) is 54.6 Å². The Labute approximate surface area is 170 Å². The molecule has 0 fully saturated rings. The van der Waals surface area contributed by atoms with Crippen LogP contribution in [0.5, 0.6) is 0 Å². The summed E-state index contributed by atoms with van der Waals surface area (Å²) in [5.74, 6) is 0.922. The summed E-state index contributed by atoms with van der Waals surface area (Å²) >= 11 is 0. The molecule has 0 saturated heterocycles. The van der Waals surface area contributed by atoms with Crippen molar-refractivity contribution >= 4 is 28.9 Å². The first-order valence-corrected chi connectivity index (χ1v) is 9.47. The molecule has 1 amide bonds. The molecule has 0 unspecified atom stereocenters. The summed E-state index contributed by atoms with van der Waals surface area (Å²) in [5.41, 5.74) is 3.41. The van der Waals surface area contributed by atoms with Crippen molar-refractivity contribution in [2.45, 2.75) is 33.6 Å². The Morgan fingerprint density at radius 3 is 2.45 bits per heavy atom. The number of Topliss-reactive ketones (excluding diaryl/α,β-unsaturated/α-hetero) is 1. The van der Waals surface area contributed by atoms with Crippen LogP contribution in [0.2, 0.25) is 0 Å². The molecule has 0 saturated carbocycles. The SMILES string of the molecule is CC(=O)c1cccc(Nc2cc(C(=O)Nc3ccccc3C(C)C)nc(C)n2)c1. The van der Waals surface area contributed by atoms with Crippen molar-refractivity contribution in [1.29, 1.82) is 0 Å². The van der Waals surface area contributed by atoms with E-state index in [9.17, 15) is 9.59 Å². The minimum atomic E-state index is -0.302. The van der Waals surface area contributed by atoms with Crippen molar-refractivity contribution in [2.75, 3.05) is 10.6 Å². The first-order valence-electron chi connectivity index (χ1n) is 9.47. The molecule has 0 aliphatic heterocycles. The largest absolute Gasteiger partial charge is 0.340 e. The molecule has 0 aliphatic carbocycles. The van der Waals surface area contributed by atoms with Crippen LogP contribution in [0.1, 0.15) is 58.9 Å². The molecule has 6 nitrogen and oxygen atoms in total. The van der Waals surface area contributed by atoms with Gasteiger partial charge < -0.3 is 10.6 Å². The predicted octanol–water partition coefficient (Wildman–Crippen LogP) is 5.11. The molecule has 0 aliphatic rings. The number of ketones is 1. The molecule has 1 heterocycles. The molecular formula is C23H24N4O2. The zero-order valence-electron chi connectivity index (χ0n) is 17.0. The molecule has 2 N–H and O–H groups in total. The van der Waals surface area contributed by atoms with Gasteiger partial charge in [0.1, 0.15) is 17.3 Å². The Balaban J connectivity index is 1.85. The van der Waals surface area contributed by atoms with Crippen LogP contribution in [0.4, 0.5) is 17.2 Å². The Kier molecular flexibility index (Phi) is 6.02. The van der Waals surface area contributed by atoms with Gasteiger partial charge in [-0.1, -0.05) is 44.2 Å². The van der Waals surface area contributed by atoms with Gasteiger partial charge in [-0.05, 0) is 43.5 Å². The second-order valence-corrected chi connectivity index (χ2v) is 7.14. The van der Waals surface area contributed by atoms with E-state index in [1.54, 1.807) is 31.2 Å². The fraction of sp³-hybridized carbons (Fsp3) is 0.217. The number of hydrogen-bond acceptors (Lipinski definition) is 5. The predicted molar refractivity (Wildman–Crippen MR) is 115 cm³/mol. The van der Waals surface area contributed by atoms with Crippen LogP contribution in [-0.2, 0) is 0 Å². The van der Waals surface area contributed by atoms with Crippen molar-refractivity contribution < 1.29 is 9.59 Å². The first kappa shape index (κ1) is 20.2. The van der Waals surface area contributed by atoms with Crippen LogP contribution in [-0.4, -0.2) is 21.7 Å². The van der Waals surface area contributed by atoms with Crippen molar-refractivity contribution in [3.05, 3.63) is 77.2 Å². The molecule has 3 rings (SSSR count). The minimum absolute atomic E-state index is 0.0172. The average molecular weight is 388 g/mol. The van der Waals surface area contributed by atoms with E-state index in [1.165, 1.54) is 6.92 Å². The highest BCUT2D eigenvalue weighted by Gasteiger charge is 2.14. The minimum Gasteiger partial charge on any atom is -0.340 e. The maximum atomic E-state index is 12.8. The van der Waals surface area contributed by atoms with Crippen molar-refractivity contribution in [2.24, 2.45) is 0 Å². The fourth-order valence-corrected chi connectivity index (χ4v) is 3.01. The highest BCUT2D eigenvalue weighted by Crippen LogP contribution is 2.24. The lowest BCUT2D eigenvalue weighted by molar-refractivity contribution is 0.101. The van der Waals surface area contributed by atoms with E-state index in [-0.39, 0.29) is 23.3 Å². The van der Waals surface area contributed by atoms with Gasteiger partial charge in [-0.3, -0.25) is 9.59 Å². The van der Waals surface area contributed by atoms with Gasteiger partial charge in [0.05, 0.1) is 0 Å². The molecule has 0 bridgehead atoms. The van der Waals surface area contributed by atoms with E-state index in [0.29, 0.717) is 22.9 Å². The second-order valence-electron chi connectivity index (χ2n) is 7.14. The Morgan fingerprint density at radius 2 is 1.72 bits per heavy atom. The number of anilines is 3. The summed E-state index contributed by atoms with van der Waals surface area (Å²) in [7, 11) is 0. The Bertz CT molecular complexity index is 1060. The summed E-state index contributed by atoms with van der Waals surface area (Å²) in [5, 5.41) is 6.09. The number of aromatic nitrogens is 2. The number of benzene rings is 2. The lowest BCUT2D eigenvalue weighted by Gasteiger charge is -2.14. The number of nitrogens with zero attached hydrogens (tertiary/aromatic N) is 2. The molecule has 29 heavy (non-hydrogen) atoms. The van der Waals surface area contributed by atoms with Crippen LogP contribution in [0.3, 0.4) is 0 Å². The molecule has 1 aromatic heterocycles. The van der Waals surface area contributed by atoms with E-state index in [4.69, 9.17) is 0 Å². The topological polar surface area (TPSA) is 84.0 Å². The summed E-state index contributed by atoms with van der Waals surface area (Å²) in [4.78, 5) is 33.0. The summed E-state index contributed by atoms with van der Waals surface area (Å²) in [6, 6.07) is 16.5. The van der Waals surface area contributed by atoms with E-state index >= 15 is 0 Å². The van der Waals surface area contributed by atoms with Gasteiger partial charge in [0, 0.05) is 23.0 Å². The van der Waals surface area contributed by atoms with Crippen LogP contribution >= 0.6 is 0 Å². The van der Waals surface area contributed by atoms with Gasteiger partial charge in [0.25, 0.3) is 5.91 Å². The van der Waals surface area contributed by atoms with Crippen LogP contribution in [0.25, 0.3) is 0 Å². The number of carbonyl (C=O) groups excluding carboxylic acids is 2. The maximum Gasteiger partial charge on any atom is 0.274 e.